The molecule has 1 aliphatic heterocycles. The van der Waals surface area contributed by atoms with E-state index in [-0.39, 0.29) is 23.7 Å². The van der Waals surface area contributed by atoms with Crippen molar-refractivity contribution in [2.24, 2.45) is 11.8 Å². The molecular weight excluding hydrogens is 330 g/mol. The number of likely N-dealkylation sites (tertiary alicyclic amines) is 1. The predicted molar refractivity (Wildman–Crippen MR) is 98.4 cm³/mol. The molecule has 1 N–H and O–H groups in total. The molecule has 0 spiro atoms. The van der Waals surface area contributed by atoms with Crippen molar-refractivity contribution in [3.05, 3.63) is 12.2 Å². The Morgan fingerprint density at radius 2 is 1.85 bits per heavy atom. The molecule has 0 bridgehead atoms. The van der Waals surface area contributed by atoms with E-state index in [1.807, 2.05) is 9.47 Å². The molecule has 2 fully saturated rings. The minimum Gasteiger partial charge on any atom is -0.355 e. The molecule has 7 heteroatoms. The Morgan fingerprint density at radius 3 is 2.54 bits per heavy atom. The first-order valence-electron chi connectivity index (χ1n) is 10.0. The summed E-state index contributed by atoms with van der Waals surface area (Å²) in [6.45, 7) is 6.42. The maximum atomic E-state index is 12.8. The molecule has 1 saturated heterocycles. The SMILES string of the molecule is CC(C)n1cnnc1CCNC(=O)[C@H]1CCCC[C@H]1C(=O)N1CCCC1. The monoisotopic (exact) mass is 361 g/mol. The topological polar surface area (TPSA) is 80.1 Å². The first-order valence-corrected chi connectivity index (χ1v) is 10.0. The summed E-state index contributed by atoms with van der Waals surface area (Å²) in [5.74, 6) is 0.786. The lowest BCUT2D eigenvalue weighted by atomic mass is 9.78. The Balaban J connectivity index is 1.54. The molecule has 0 radical (unpaired) electrons. The third-order valence-corrected chi connectivity index (χ3v) is 5.69. The molecule has 7 nitrogen and oxygen atoms in total. The van der Waals surface area contributed by atoms with E-state index in [1.54, 1.807) is 6.33 Å². The fourth-order valence-electron chi connectivity index (χ4n) is 4.22. The van der Waals surface area contributed by atoms with Crippen LogP contribution in [0, 0.1) is 11.8 Å². The van der Waals surface area contributed by atoms with Gasteiger partial charge in [-0.15, -0.1) is 10.2 Å². The van der Waals surface area contributed by atoms with Crippen molar-refractivity contribution in [1.82, 2.24) is 25.0 Å². The van der Waals surface area contributed by atoms with Crippen molar-refractivity contribution in [2.75, 3.05) is 19.6 Å². The number of amides is 2. The van der Waals surface area contributed by atoms with E-state index >= 15 is 0 Å². The molecule has 1 aliphatic carbocycles. The number of hydrogen-bond acceptors (Lipinski definition) is 4. The number of aromatic nitrogens is 3. The highest BCUT2D eigenvalue weighted by molar-refractivity contribution is 5.88. The smallest absolute Gasteiger partial charge is 0.226 e. The lowest BCUT2D eigenvalue weighted by molar-refractivity contribution is -0.142. The molecule has 0 unspecified atom stereocenters. The van der Waals surface area contributed by atoms with Crippen LogP contribution in [0.3, 0.4) is 0 Å². The second-order valence-corrected chi connectivity index (χ2v) is 7.82. The third-order valence-electron chi connectivity index (χ3n) is 5.69. The molecular formula is C19H31N5O2. The first kappa shape index (κ1) is 18.9. The van der Waals surface area contributed by atoms with Gasteiger partial charge in [0.05, 0.1) is 0 Å². The second kappa shape index (κ2) is 8.64. The second-order valence-electron chi connectivity index (χ2n) is 7.82. The molecule has 2 heterocycles. The lowest BCUT2D eigenvalue weighted by Gasteiger charge is -2.32. The zero-order chi connectivity index (χ0) is 18.5. The van der Waals surface area contributed by atoms with Gasteiger partial charge in [-0.05, 0) is 39.5 Å². The molecule has 2 atom stereocenters. The molecule has 2 amide bonds. The zero-order valence-electron chi connectivity index (χ0n) is 16.0. The van der Waals surface area contributed by atoms with Gasteiger partial charge in [0.1, 0.15) is 12.2 Å². The highest BCUT2D eigenvalue weighted by Gasteiger charge is 2.38. The summed E-state index contributed by atoms with van der Waals surface area (Å²) in [6, 6.07) is 0.302. The van der Waals surface area contributed by atoms with Crippen molar-refractivity contribution in [2.45, 2.75) is 64.8 Å². The van der Waals surface area contributed by atoms with Gasteiger partial charge in [-0.3, -0.25) is 9.59 Å². The van der Waals surface area contributed by atoms with Crippen molar-refractivity contribution < 1.29 is 9.59 Å². The van der Waals surface area contributed by atoms with Gasteiger partial charge in [-0.25, -0.2) is 0 Å². The minimum absolute atomic E-state index is 0.0258. The number of carbonyl (C=O) groups is 2. The standard InChI is InChI=1S/C19H31N5O2/c1-14(2)24-13-21-22-17(24)9-10-20-18(25)15-7-3-4-8-16(15)19(26)23-11-5-6-12-23/h13-16H,3-12H2,1-2H3,(H,20,25)/t15-,16+/m0/s1. The van der Waals surface area contributed by atoms with Crippen LogP contribution in [0.2, 0.25) is 0 Å². The van der Waals surface area contributed by atoms with Crippen LogP contribution in [0.5, 0.6) is 0 Å². The molecule has 1 aromatic rings. The van der Waals surface area contributed by atoms with E-state index in [4.69, 9.17) is 0 Å². The summed E-state index contributed by atoms with van der Waals surface area (Å²) in [5, 5.41) is 11.1. The maximum Gasteiger partial charge on any atom is 0.226 e. The fourth-order valence-corrected chi connectivity index (χ4v) is 4.22. The van der Waals surface area contributed by atoms with Crippen LogP contribution in [0.25, 0.3) is 0 Å². The minimum atomic E-state index is -0.181. The Bertz CT molecular complexity index is 621. The Morgan fingerprint density at radius 1 is 1.15 bits per heavy atom. The highest BCUT2D eigenvalue weighted by atomic mass is 16.2. The molecule has 1 aromatic heterocycles. The van der Waals surface area contributed by atoms with Crippen LogP contribution in [0.15, 0.2) is 6.33 Å². The number of carbonyl (C=O) groups excluding carboxylic acids is 2. The van der Waals surface area contributed by atoms with Gasteiger partial charge < -0.3 is 14.8 Å². The predicted octanol–water partition coefficient (Wildman–Crippen LogP) is 1.95. The van der Waals surface area contributed by atoms with Gasteiger partial charge >= 0.3 is 0 Å². The van der Waals surface area contributed by atoms with Crippen LogP contribution in [0.1, 0.15) is 64.2 Å². The summed E-state index contributed by atoms with van der Waals surface area (Å²) >= 11 is 0. The van der Waals surface area contributed by atoms with Crippen LogP contribution in [-0.2, 0) is 16.0 Å². The summed E-state index contributed by atoms with van der Waals surface area (Å²) in [5.41, 5.74) is 0. The van der Waals surface area contributed by atoms with Gasteiger partial charge in [-0.1, -0.05) is 12.8 Å². The first-order chi connectivity index (χ1) is 12.6. The maximum absolute atomic E-state index is 12.8. The van der Waals surface area contributed by atoms with E-state index in [9.17, 15) is 9.59 Å². The van der Waals surface area contributed by atoms with Crippen molar-refractivity contribution in [3.8, 4) is 0 Å². The van der Waals surface area contributed by atoms with Gasteiger partial charge in [0, 0.05) is 43.9 Å². The summed E-state index contributed by atoms with van der Waals surface area (Å²) in [4.78, 5) is 27.5. The number of nitrogens with zero attached hydrogens (tertiary/aromatic N) is 4. The van der Waals surface area contributed by atoms with Crippen molar-refractivity contribution in [3.63, 3.8) is 0 Å². The van der Waals surface area contributed by atoms with Crippen LogP contribution >= 0.6 is 0 Å². The summed E-state index contributed by atoms with van der Waals surface area (Å²) < 4.78 is 2.02. The van der Waals surface area contributed by atoms with E-state index < -0.39 is 0 Å². The van der Waals surface area contributed by atoms with Crippen molar-refractivity contribution >= 4 is 11.8 Å². The highest BCUT2D eigenvalue weighted by Crippen LogP contribution is 2.32. The number of hydrogen-bond donors (Lipinski definition) is 1. The largest absolute Gasteiger partial charge is 0.355 e. The third kappa shape index (κ3) is 4.24. The van der Waals surface area contributed by atoms with E-state index in [1.165, 1.54) is 0 Å². The summed E-state index contributed by atoms with van der Waals surface area (Å²) in [7, 11) is 0. The molecule has 144 valence electrons. The van der Waals surface area contributed by atoms with Gasteiger partial charge in [0.25, 0.3) is 0 Å². The molecule has 1 saturated carbocycles. The van der Waals surface area contributed by atoms with Crippen molar-refractivity contribution in [1.29, 1.82) is 0 Å². The summed E-state index contributed by atoms with van der Waals surface area (Å²) in [6.07, 6.45) is 8.30. The number of nitrogens with one attached hydrogen (secondary N) is 1. The van der Waals surface area contributed by atoms with Crippen LogP contribution < -0.4 is 5.32 Å². The number of rotatable bonds is 6. The fraction of sp³-hybridized carbons (Fsp3) is 0.789. The average molecular weight is 361 g/mol. The molecule has 2 aliphatic rings. The van der Waals surface area contributed by atoms with Gasteiger partial charge in [0.15, 0.2) is 0 Å². The normalized spacial score (nSPS) is 23.4. The molecule has 3 rings (SSSR count). The van der Waals surface area contributed by atoms with Gasteiger partial charge in [0.2, 0.25) is 11.8 Å². The average Bonchev–Trinajstić information content (AvgIpc) is 3.33. The lowest BCUT2D eigenvalue weighted by Crippen LogP contribution is -2.45. The van der Waals surface area contributed by atoms with Crippen LogP contribution in [-0.4, -0.2) is 51.1 Å². The van der Waals surface area contributed by atoms with E-state index in [0.717, 1.165) is 57.4 Å². The van der Waals surface area contributed by atoms with Gasteiger partial charge in [-0.2, -0.15) is 0 Å². The Labute approximate surface area is 155 Å². The quantitative estimate of drug-likeness (QED) is 0.840. The molecule has 0 aromatic carbocycles. The molecule has 26 heavy (non-hydrogen) atoms. The Kier molecular flexibility index (Phi) is 6.27. The van der Waals surface area contributed by atoms with Crippen LogP contribution in [0.4, 0.5) is 0 Å². The van der Waals surface area contributed by atoms with E-state index in [0.29, 0.717) is 19.0 Å². The zero-order valence-corrected chi connectivity index (χ0v) is 16.0. The van der Waals surface area contributed by atoms with E-state index in [2.05, 4.69) is 29.4 Å². The Hall–Kier alpha value is -1.92.